The van der Waals surface area contributed by atoms with Crippen molar-refractivity contribution in [3.05, 3.63) is 88.6 Å². The summed E-state index contributed by atoms with van der Waals surface area (Å²) in [7, 11) is 0. The Kier molecular flexibility index (Phi) is 7.04. The van der Waals surface area contributed by atoms with Gasteiger partial charge >= 0.3 is 0 Å². The molecular formula is C25H22N2OS3. The van der Waals surface area contributed by atoms with Crippen LogP contribution in [0.15, 0.2) is 72.6 Å². The fourth-order valence-electron chi connectivity index (χ4n) is 3.17. The first kappa shape index (κ1) is 21.6. The van der Waals surface area contributed by atoms with Gasteiger partial charge in [0.2, 0.25) is 0 Å². The average molecular weight is 463 g/mol. The Morgan fingerprint density at radius 2 is 1.61 bits per heavy atom. The Balaban J connectivity index is 0.000000217. The Morgan fingerprint density at radius 3 is 2.23 bits per heavy atom. The summed E-state index contributed by atoms with van der Waals surface area (Å²) in [6.45, 7) is 5.92. The molecule has 156 valence electrons. The minimum atomic E-state index is 0.185. The van der Waals surface area contributed by atoms with Crippen molar-refractivity contribution in [1.82, 2.24) is 8.75 Å². The highest BCUT2D eigenvalue weighted by Gasteiger charge is 2.15. The predicted molar refractivity (Wildman–Crippen MR) is 136 cm³/mol. The van der Waals surface area contributed by atoms with Gasteiger partial charge in [0.25, 0.3) is 0 Å². The third-order valence-corrected chi connectivity index (χ3v) is 7.41. The largest absolute Gasteiger partial charge is 0.396 e. The molecule has 0 saturated carbocycles. The molecule has 3 aromatic heterocycles. The van der Waals surface area contributed by atoms with Crippen molar-refractivity contribution in [2.45, 2.75) is 13.3 Å². The highest BCUT2D eigenvalue weighted by Crippen LogP contribution is 2.38. The number of rotatable bonds is 5. The van der Waals surface area contributed by atoms with Crippen molar-refractivity contribution in [3.63, 3.8) is 0 Å². The summed E-state index contributed by atoms with van der Waals surface area (Å²) in [6.07, 6.45) is 2.55. The highest BCUT2D eigenvalue weighted by atomic mass is 32.1. The van der Waals surface area contributed by atoms with Crippen LogP contribution in [0.1, 0.15) is 16.0 Å². The number of aliphatic hydroxyl groups excluding tert-OH is 1. The van der Waals surface area contributed by atoms with Crippen LogP contribution in [0.3, 0.4) is 0 Å². The third-order valence-electron chi connectivity index (χ3n) is 4.80. The molecule has 3 heterocycles. The maximum Gasteiger partial charge on any atom is 0.114 e. The van der Waals surface area contributed by atoms with Gasteiger partial charge in [0.15, 0.2) is 0 Å². The van der Waals surface area contributed by atoms with E-state index in [-0.39, 0.29) is 6.61 Å². The zero-order chi connectivity index (χ0) is 21.6. The lowest BCUT2D eigenvalue weighted by atomic mass is 10.1. The standard InChI is InChI=1S/C16H12N2OS3.C9H10/c19-8-7-10-3-6-14(21-10)12-5-4-11(13-2-1-9-20-13)15-16(12)18-22-17-15;1-3-9-6-4-8(2)5-7-9/h1-6,9,19H,7-8H2;3-7H,1H2,2H3. The molecule has 0 fully saturated rings. The molecule has 0 atom stereocenters. The summed E-state index contributed by atoms with van der Waals surface area (Å²) in [4.78, 5) is 3.59. The van der Waals surface area contributed by atoms with Crippen LogP contribution in [-0.2, 0) is 6.42 Å². The van der Waals surface area contributed by atoms with E-state index in [1.54, 1.807) is 22.7 Å². The Labute approximate surface area is 194 Å². The second-order valence-corrected chi connectivity index (χ2v) is 9.60. The number of fused-ring (bicyclic) bond motifs is 1. The van der Waals surface area contributed by atoms with E-state index in [4.69, 9.17) is 5.11 Å². The molecule has 0 amide bonds. The van der Waals surface area contributed by atoms with Crippen molar-refractivity contribution in [2.24, 2.45) is 0 Å². The predicted octanol–water partition coefficient (Wildman–Crippen LogP) is 7.32. The van der Waals surface area contributed by atoms with Crippen molar-refractivity contribution in [3.8, 4) is 20.9 Å². The number of aromatic nitrogens is 2. The van der Waals surface area contributed by atoms with Gasteiger partial charge in [-0.1, -0.05) is 60.7 Å². The molecule has 2 aromatic carbocycles. The van der Waals surface area contributed by atoms with Gasteiger partial charge in [0, 0.05) is 38.8 Å². The van der Waals surface area contributed by atoms with Crippen LogP contribution >= 0.6 is 34.4 Å². The normalized spacial score (nSPS) is 10.6. The maximum atomic E-state index is 9.07. The van der Waals surface area contributed by atoms with Gasteiger partial charge in [-0.25, -0.2) is 0 Å². The summed E-state index contributed by atoms with van der Waals surface area (Å²) in [6, 6.07) is 20.9. The molecule has 31 heavy (non-hydrogen) atoms. The van der Waals surface area contributed by atoms with Gasteiger partial charge in [0.1, 0.15) is 11.0 Å². The van der Waals surface area contributed by atoms with Crippen molar-refractivity contribution in [1.29, 1.82) is 0 Å². The van der Waals surface area contributed by atoms with Gasteiger partial charge in [-0.05, 0) is 36.1 Å². The van der Waals surface area contributed by atoms with E-state index < -0.39 is 0 Å². The lowest BCUT2D eigenvalue weighted by molar-refractivity contribution is 0.300. The molecule has 0 aliphatic heterocycles. The van der Waals surface area contributed by atoms with Crippen molar-refractivity contribution < 1.29 is 5.11 Å². The SMILES string of the molecule is C=Cc1ccc(C)cc1.OCCc1ccc(-c2ccc(-c3cccs3)c3nsnc23)s1. The monoisotopic (exact) mass is 462 g/mol. The number of hydrogen-bond acceptors (Lipinski definition) is 6. The van der Waals surface area contributed by atoms with Crippen LogP contribution in [0.5, 0.6) is 0 Å². The average Bonchev–Trinajstić information content (AvgIpc) is 3.56. The van der Waals surface area contributed by atoms with E-state index >= 15 is 0 Å². The second kappa shape index (κ2) is 10.1. The molecule has 0 aliphatic rings. The topological polar surface area (TPSA) is 46.0 Å². The molecule has 0 unspecified atom stereocenters. The van der Waals surface area contributed by atoms with Crippen molar-refractivity contribution in [2.75, 3.05) is 6.61 Å². The summed E-state index contributed by atoms with van der Waals surface area (Å²) in [5, 5.41) is 11.1. The maximum absolute atomic E-state index is 9.07. The zero-order valence-corrected chi connectivity index (χ0v) is 19.6. The van der Waals surface area contributed by atoms with Crippen LogP contribution in [0, 0.1) is 6.92 Å². The van der Waals surface area contributed by atoms with E-state index in [0.29, 0.717) is 6.42 Å². The first-order valence-corrected chi connectivity index (χ1v) is 12.3. The minimum Gasteiger partial charge on any atom is -0.396 e. The van der Waals surface area contributed by atoms with Crippen LogP contribution < -0.4 is 0 Å². The third kappa shape index (κ3) is 4.99. The molecular weight excluding hydrogens is 440 g/mol. The zero-order valence-electron chi connectivity index (χ0n) is 17.1. The summed E-state index contributed by atoms with van der Waals surface area (Å²) < 4.78 is 9.02. The molecule has 0 saturated heterocycles. The Morgan fingerprint density at radius 1 is 0.903 bits per heavy atom. The van der Waals surface area contributed by atoms with Crippen LogP contribution in [0.25, 0.3) is 38.0 Å². The molecule has 1 N–H and O–H groups in total. The lowest BCUT2D eigenvalue weighted by Gasteiger charge is -2.03. The van der Waals surface area contributed by atoms with Gasteiger partial charge < -0.3 is 5.11 Å². The minimum absolute atomic E-state index is 0.185. The smallest absolute Gasteiger partial charge is 0.114 e. The summed E-state index contributed by atoms with van der Waals surface area (Å²) in [5.74, 6) is 0. The van der Waals surface area contributed by atoms with Crippen molar-refractivity contribution >= 4 is 51.5 Å². The van der Waals surface area contributed by atoms with E-state index in [1.165, 1.54) is 37.5 Å². The number of aryl methyl sites for hydroxylation is 1. The fourth-order valence-corrected chi connectivity index (χ4v) is 5.51. The molecule has 3 nitrogen and oxygen atoms in total. The van der Waals surface area contributed by atoms with E-state index in [9.17, 15) is 0 Å². The first-order valence-electron chi connectivity index (χ1n) is 9.88. The van der Waals surface area contributed by atoms with E-state index in [0.717, 1.165) is 22.2 Å². The molecule has 0 bridgehead atoms. The lowest BCUT2D eigenvalue weighted by Crippen LogP contribution is -1.84. The summed E-state index contributed by atoms with van der Waals surface area (Å²) >= 11 is 4.69. The van der Waals surface area contributed by atoms with Gasteiger partial charge in [-0.2, -0.15) is 8.75 Å². The quantitative estimate of drug-likeness (QED) is 0.298. The number of nitrogens with zero attached hydrogens (tertiary/aromatic N) is 2. The molecule has 0 radical (unpaired) electrons. The molecule has 6 heteroatoms. The highest BCUT2D eigenvalue weighted by molar-refractivity contribution is 7.15. The second-order valence-electron chi connectivity index (χ2n) is 6.95. The first-order chi connectivity index (χ1) is 15.2. The molecule has 5 aromatic rings. The molecule has 0 spiro atoms. The number of thiophene rings is 2. The van der Waals surface area contributed by atoms with Gasteiger partial charge in [-0.3, -0.25) is 0 Å². The molecule has 5 rings (SSSR count). The Bertz CT molecular complexity index is 1270. The van der Waals surface area contributed by atoms with Crippen LogP contribution in [0.2, 0.25) is 0 Å². The van der Waals surface area contributed by atoms with E-state index in [1.807, 2.05) is 6.08 Å². The Hall–Kier alpha value is -2.64. The summed E-state index contributed by atoms with van der Waals surface area (Å²) in [5.41, 5.74) is 6.68. The van der Waals surface area contributed by atoms with E-state index in [2.05, 4.69) is 88.3 Å². The number of hydrogen-bond donors (Lipinski definition) is 1. The molecule has 0 aliphatic carbocycles. The van der Waals surface area contributed by atoms with Gasteiger partial charge in [-0.15, -0.1) is 22.7 Å². The fraction of sp³-hybridized carbons (Fsp3) is 0.120. The van der Waals surface area contributed by atoms with Gasteiger partial charge in [0.05, 0.1) is 11.7 Å². The van der Waals surface area contributed by atoms with Crippen LogP contribution in [-0.4, -0.2) is 20.5 Å². The van der Waals surface area contributed by atoms with Crippen LogP contribution in [0.4, 0.5) is 0 Å². The number of aliphatic hydroxyl groups is 1. The number of benzene rings is 2.